The van der Waals surface area contributed by atoms with E-state index in [1.807, 2.05) is 67.8 Å². The standard InChI is InChI=1S/C21H24N4O2S/c1-14(2)22-19(26)13-28-21-24-23-20(16-7-5-6-15(3)12-16)25(21)17-8-10-18(27-4)11-9-17/h5-12,14H,13H2,1-4H3,(H,22,26). The van der Waals surface area contributed by atoms with E-state index in [1.165, 1.54) is 11.8 Å². The molecule has 0 spiro atoms. The van der Waals surface area contributed by atoms with Gasteiger partial charge in [-0.05, 0) is 51.1 Å². The molecule has 0 fully saturated rings. The van der Waals surface area contributed by atoms with Gasteiger partial charge >= 0.3 is 0 Å². The Hall–Kier alpha value is -2.80. The molecule has 1 N–H and O–H groups in total. The van der Waals surface area contributed by atoms with Crippen LogP contribution in [0.25, 0.3) is 17.1 Å². The van der Waals surface area contributed by atoms with E-state index in [4.69, 9.17) is 4.74 Å². The number of amides is 1. The fourth-order valence-corrected chi connectivity index (χ4v) is 3.56. The Bertz CT molecular complexity index is 951. The average Bonchev–Trinajstić information content (AvgIpc) is 3.10. The third-order valence-electron chi connectivity index (χ3n) is 4.02. The van der Waals surface area contributed by atoms with Crippen molar-refractivity contribution in [1.82, 2.24) is 20.1 Å². The highest BCUT2D eigenvalue weighted by atomic mass is 32.2. The van der Waals surface area contributed by atoms with Gasteiger partial charge < -0.3 is 10.1 Å². The molecule has 0 atom stereocenters. The number of aromatic nitrogens is 3. The maximum Gasteiger partial charge on any atom is 0.230 e. The first-order valence-corrected chi connectivity index (χ1v) is 10.1. The van der Waals surface area contributed by atoms with Crippen LogP contribution < -0.4 is 10.1 Å². The Morgan fingerprint density at radius 2 is 1.93 bits per heavy atom. The summed E-state index contributed by atoms with van der Waals surface area (Å²) in [5, 5.41) is 12.3. The van der Waals surface area contributed by atoms with Crippen molar-refractivity contribution in [3.63, 3.8) is 0 Å². The third kappa shape index (κ3) is 4.72. The van der Waals surface area contributed by atoms with Crippen LogP contribution in [0.1, 0.15) is 19.4 Å². The first kappa shape index (κ1) is 19.9. The molecule has 28 heavy (non-hydrogen) atoms. The van der Waals surface area contributed by atoms with Crippen LogP contribution in [0.5, 0.6) is 5.75 Å². The van der Waals surface area contributed by atoms with Gasteiger partial charge in [0, 0.05) is 17.3 Å². The summed E-state index contributed by atoms with van der Waals surface area (Å²) in [5.74, 6) is 1.77. The second-order valence-electron chi connectivity index (χ2n) is 6.72. The molecule has 0 aliphatic heterocycles. The summed E-state index contributed by atoms with van der Waals surface area (Å²) in [6, 6.07) is 15.9. The van der Waals surface area contributed by atoms with E-state index in [0.29, 0.717) is 5.16 Å². The topological polar surface area (TPSA) is 69.0 Å². The maximum atomic E-state index is 12.1. The Morgan fingerprint density at radius 1 is 1.18 bits per heavy atom. The number of carbonyl (C=O) groups excluding carboxylic acids is 1. The van der Waals surface area contributed by atoms with Crippen LogP contribution in [0.4, 0.5) is 0 Å². The van der Waals surface area contributed by atoms with Crippen molar-refractivity contribution in [1.29, 1.82) is 0 Å². The number of thioether (sulfide) groups is 1. The smallest absolute Gasteiger partial charge is 0.230 e. The van der Waals surface area contributed by atoms with Gasteiger partial charge in [-0.3, -0.25) is 9.36 Å². The van der Waals surface area contributed by atoms with Gasteiger partial charge in [0.1, 0.15) is 5.75 Å². The van der Waals surface area contributed by atoms with Crippen LogP contribution >= 0.6 is 11.8 Å². The summed E-state index contributed by atoms with van der Waals surface area (Å²) in [5.41, 5.74) is 3.03. The van der Waals surface area contributed by atoms with Crippen LogP contribution in [-0.4, -0.2) is 39.6 Å². The molecule has 0 unspecified atom stereocenters. The highest BCUT2D eigenvalue weighted by molar-refractivity contribution is 7.99. The number of hydrogen-bond acceptors (Lipinski definition) is 5. The highest BCUT2D eigenvalue weighted by Gasteiger charge is 2.17. The minimum Gasteiger partial charge on any atom is -0.497 e. The largest absolute Gasteiger partial charge is 0.497 e. The molecule has 6 nitrogen and oxygen atoms in total. The summed E-state index contributed by atoms with van der Waals surface area (Å²) < 4.78 is 7.24. The van der Waals surface area contributed by atoms with Crippen molar-refractivity contribution < 1.29 is 9.53 Å². The van der Waals surface area contributed by atoms with Crippen LogP contribution in [0.2, 0.25) is 0 Å². The van der Waals surface area contributed by atoms with Gasteiger partial charge in [0.15, 0.2) is 11.0 Å². The van der Waals surface area contributed by atoms with Crippen molar-refractivity contribution in [2.24, 2.45) is 0 Å². The lowest BCUT2D eigenvalue weighted by atomic mass is 10.1. The van der Waals surface area contributed by atoms with E-state index < -0.39 is 0 Å². The van der Waals surface area contributed by atoms with E-state index in [0.717, 1.165) is 28.4 Å². The molecule has 0 saturated heterocycles. The zero-order valence-corrected chi connectivity index (χ0v) is 17.3. The van der Waals surface area contributed by atoms with Crippen molar-refractivity contribution in [3.05, 3.63) is 54.1 Å². The van der Waals surface area contributed by atoms with Gasteiger partial charge in [-0.2, -0.15) is 0 Å². The Labute approximate surface area is 169 Å². The molecular formula is C21H24N4O2S. The molecule has 3 rings (SSSR count). The number of rotatable bonds is 7. The lowest BCUT2D eigenvalue weighted by Crippen LogP contribution is -2.31. The summed E-state index contributed by atoms with van der Waals surface area (Å²) in [6.07, 6.45) is 0. The molecule has 7 heteroatoms. The molecule has 0 bridgehead atoms. The quantitative estimate of drug-likeness (QED) is 0.614. The number of carbonyl (C=O) groups is 1. The molecule has 1 amide bonds. The van der Waals surface area contributed by atoms with E-state index >= 15 is 0 Å². The number of ether oxygens (including phenoxy) is 1. The second-order valence-corrected chi connectivity index (χ2v) is 7.66. The van der Waals surface area contributed by atoms with Crippen molar-refractivity contribution in [2.75, 3.05) is 12.9 Å². The van der Waals surface area contributed by atoms with Crippen molar-refractivity contribution in [3.8, 4) is 22.8 Å². The van der Waals surface area contributed by atoms with E-state index in [9.17, 15) is 4.79 Å². The first-order chi connectivity index (χ1) is 13.5. The summed E-state index contributed by atoms with van der Waals surface area (Å²) in [7, 11) is 1.64. The van der Waals surface area contributed by atoms with Crippen LogP contribution in [0.15, 0.2) is 53.7 Å². The summed E-state index contributed by atoms with van der Waals surface area (Å²) in [4.78, 5) is 12.1. The Kier molecular flexibility index (Phi) is 6.36. The number of aryl methyl sites for hydroxylation is 1. The predicted molar refractivity (Wildman–Crippen MR) is 112 cm³/mol. The molecule has 1 heterocycles. The molecule has 0 radical (unpaired) electrons. The van der Waals surface area contributed by atoms with E-state index in [-0.39, 0.29) is 17.7 Å². The van der Waals surface area contributed by atoms with Crippen molar-refractivity contribution in [2.45, 2.75) is 32.0 Å². The second kappa shape index (κ2) is 8.93. The van der Waals surface area contributed by atoms with Gasteiger partial charge in [0.05, 0.1) is 12.9 Å². The number of hydrogen-bond donors (Lipinski definition) is 1. The van der Waals surface area contributed by atoms with E-state index in [2.05, 4.69) is 21.6 Å². The van der Waals surface area contributed by atoms with E-state index in [1.54, 1.807) is 7.11 Å². The zero-order valence-electron chi connectivity index (χ0n) is 16.5. The third-order valence-corrected chi connectivity index (χ3v) is 4.95. The Balaban J connectivity index is 1.98. The average molecular weight is 397 g/mol. The Morgan fingerprint density at radius 3 is 2.57 bits per heavy atom. The van der Waals surface area contributed by atoms with Crippen LogP contribution in [-0.2, 0) is 4.79 Å². The number of methoxy groups -OCH3 is 1. The predicted octanol–water partition coefficient (Wildman–Crippen LogP) is 3.87. The summed E-state index contributed by atoms with van der Waals surface area (Å²) in [6.45, 7) is 5.93. The number of benzene rings is 2. The van der Waals surface area contributed by atoms with Gasteiger partial charge in [-0.15, -0.1) is 10.2 Å². The molecular weight excluding hydrogens is 372 g/mol. The van der Waals surface area contributed by atoms with Gasteiger partial charge in [-0.25, -0.2) is 0 Å². The monoisotopic (exact) mass is 396 g/mol. The maximum absolute atomic E-state index is 12.1. The van der Waals surface area contributed by atoms with Gasteiger partial charge in [0.25, 0.3) is 0 Å². The fourth-order valence-electron chi connectivity index (χ4n) is 2.79. The zero-order chi connectivity index (χ0) is 20.1. The molecule has 0 aliphatic carbocycles. The highest BCUT2D eigenvalue weighted by Crippen LogP contribution is 2.29. The van der Waals surface area contributed by atoms with Crippen LogP contribution in [0.3, 0.4) is 0 Å². The molecule has 2 aromatic carbocycles. The fraction of sp³-hybridized carbons (Fsp3) is 0.286. The minimum absolute atomic E-state index is 0.0265. The summed E-state index contributed by atoms with van der Waals surface area (Å²) >= 11 is 1.37. The van der Waals surface area contributed by atoms with Crippen LogP contribution in [0, 0.1) is 6.92 Å². The molecule has 146 valence electrons. The normalized spacial score (nSPS) is 10.9. The van der Waals surface area contributed by atoms with Gasteiger partial charge in [0.2, 0.25) is 5.91 Å². The lowest BCUT2D eigenvalue weighted by molar-refractivity contribution is -0.119. The molecule has 1 aromatic heterocycles. The number of nitrogens with zero attached hydrogens (tertiary/aromatic N) is 3. The first-order valence-electron chi connectivity index (χ1n) is 9.07. The molecule has 0 aliphatic rings. The lowest BCUT2D eigenvalue weighted by Gasteiger charge is -2.12. The van der Waals surface area contributed by atoms with Gasteiger partial charge in [-0.1, -0.05) is 35.5 Å². The molecule has 0 saturated carbocycles. The number of nitrogens with one attached hydrogen (secondary N) is 1. The SMILES string of the molecule is COc1ccc(-n2c(SCC(=O)NC(C)C)nnc2-c2cccc(C)c2)cc1. The molecule has 3 aromatic rings. The van der Waals surface area contributed by atoms with Crippen molar-refractivity contribution >= 4 is 17.7 Å². The minimum atomic E-state index is -0.0265.